The lowest BCUT2D eigenvalue weighted by Crippen LogP contribution is -2.51. The third kappa shape index (κ3) is 8.52. The summed E-state index contributed by atoms with van der Waals surface area (Å²) < 4.78 is 10.1. The van der Waals surface area contributed by atoms with Gasteiger partial charge < -0.3 is 9.15 Å². The second kappa shape index (κ2) is 13.8. The number of furan rings is 1. The summed E-state index contributed by atoms with van der Waals surface area (Å²) in [7, 11) is 1.33. The van der Waals surface area contributed by atoms with Crippen LogP contribution in [0.2, 0.25) is 0 Å². The van der Waals surface area contributed by atoms with Crippen molar-refractivity contribution in [3.63, 3.8) is 0 Å². The molecule has 0 unspecified atom stereocenters. The van der Waals surface area contributed by atoms with E-state index in [-0.39, 0.29) is 23.1 Å². The first-order valence-electron chi connectivity index (χ1n) is 8.79. The number of ether oxygens (including phenoxy) is 1. The van der Waals surface area contributed by atoms with Gasteiger partial charge in [0.25, 0.3) is 11.8 Å². The third-order valence-electron chi connectivity index (χ3n) is 3.24. The summed E-state index contributed by atoms with van der Waals surface area (Å²) in [5.41, 5.74) is 0.721. The van der Waals surface area contributed by atoms with E-state index in [2.05, 4.69) is 28.5 Å². The Morgan fingerprint density at radius 1 is 1.21 bits per heavy atom. The molecule has 7 nitrogen and oxygen atoms in total. The largest absolute Gasteiger partial charge is 0.469 e. The number of rotatable bonds is 5. The van der Waals surface area contributed by atoms with E-state index in [1.807, 2.05) is 20.8 Å². The molecule has 2 rings (SSSR count). The van der Waals surface area contributed by atoms with Gasteiger partial charge in [0, 0.05) is 0 Å². The summed E-state index contributed by atoms with van der Waals surface area (Å²) in [4.78, 5) is 34.6. The number of hydrogen-bond acceptors (Lipinski definition) is 6. The molecule has 0 aliphatic carbocycles. The summed E-state index contributed by atoms with van der Waals surface area (Å²) in [5, 5.41) is 4.68. The van der Waals surface area contributed by atoms with Crippen molar-refractivity contribution >= 4 is 46.8 Å². The molecule has 0 saturated carbocycles. The lowest BCUT2D eigenvalue weighted by Gasteiger charge is -2.15. The Morgan fingerprint density at radius 2 is 1.79 bits per heavy atom. The third-order valence-corrected chi connectivity index (χ3v) is 3.44. The van der Waals surface area contributed by atoms with Crippen molar-refractivity contribution in [2.75, 3.05) is 7.11 Å². The van der Waals surface area contributed by atoms with E-state index in [9.17, 15) is 14.4 Å². The number of carbonyl (C=O) groups excluding carboxylic acids is 3. The van der Waals surface area contributed by atoms with Gasteiger partial charge in [0.1, 0.15) is 17.1 Å². The standard InChI is InChI=1S/C17H16N2O5S.C2H6.C2H4/c1-10(5-3-4-6-14(20)23-2)13-8-7-11(24-13)9-12-15(21)18-17(25)19-16(12)22;2*1-2/h3-5,7-9H,6H2,1-2H3,(H2,18,19,21,22,25);1-2H3;1-2H2/b4-3-,10-5+;;. The molecule has 1 aromatic rings. The number of thiocarbonyl (C=S) groups is 1. The predicted molar refractivity (Wildman–Crippen MR) is 118 cm³/mol. The average molecular weight is 419 g/mol. The quantitative estimate of drug-likeness (QED) is 0.190. The van der Waals surface area contributed by atoms with E-state index in [1.54, 1.807) is 30.4 Å². The van der Waals surface area contributed by atoms with Gasteiger partial charge >= 0.3 is 5.97 Å². The first-order valence-corrected chi connectivity index (χ1v) is 9.20. The number of carbonyl (C=O) groups is 3. The highest BCUT2D eigenvalue weighted by molar-refractivity contribution is 7.80. The minimum Gasteiger partial charge on any atom is -0.469 e. The molecule has 156 valence electrons. The normalized spacial score (nSPS) is 13.4. The Labute approximate surface area is 176 Å². The van der Waals surface area contributed by atoms with Gasteiger partial charge in [-0.2, -0.15) is 0 Å². The van der Waals surface area contributed by atoms with Gasteiger partial charge in [0.05, 0.1) is 13.5 Å². The van der Waals surface area contributed by atoms with Crippen molar-refractivity contribution in [2.24, 2.45) is 0 Å². The van der Waals surface area contributed by atoms with Gasteiger partial charge in [-0.1, -0.05) is 32.1 Å². The van der Waals surface area contributed by atoms with Crippen LogP contribution in [0, 0.1) is 0 Å². The van der Waals surface area contributed by atoms with Crippen LogP contribution in [0.1, 0.15) is 38.7 Å². The maximum Gasteiger partial charge on any atom is 0.309 e. The highest BCUT2D eigenvalue weighted by Crippen LogP contribution is 2.20. The van der Waals surface area contributed by atoms with E-state index >= 15 is 0 Å². The Kier molecular flexibility index (Phi) is 12.3. The number of esters is 1. The minimum atomic E-state index is -0.579. The molecular formula is C21H26N2O5S. The van der Waals surface area contributed by atoms with Gasteiger partial charge in [-0.05, 0) is 42.9 Å². The van der Waals surface area contributed by atoms with E-state index in [1.165, 1.54) is 13.2 Å². The molecule has 8 heteroatoms. The molecule has 0 radical (unpaired) electrons. The molecule has 1 aliphatic heterocycles. The SMILES string of the molecule is C=C.CC.COC(=O)C/C=C\C=C(/C)c1ccc(C=C2C(=O)NC(=S)NC2=O)o1. The second-order valence-corrected chi connectivity index (χ2v) is 5.46. The molecule has 0 spiro atoms. The summed E-state index contributed by atoms with van der Waals surface area (Å²) in [6, 6.07) is 3.36. The van der Waals surface area contributed by atoms with Crippen LogP contribution in [-0.2, 0) is 19.1 Å². The van der Waals surface area contributed by atoms with Crippen molar-refractivity contribution in [1.82, 2.24) is 10.6 Å². The Morgan fingerprint density at radius 3 is 2.34 bits per heavy atom. The van der Waals surface area contributed by atoms with Crippen molar-refractivity contribution in [3.05, 3.63) is 60.6 Å². The lowest BCUT2D eigenvalue weighted by molar-refractivity contribution is -0.139. The van der Waals surface area contributed by atoms with Crippen LogP contribution in [0.4, 0.5) is 0 Å². The van der Waals surface area contributed by atoms with Crippen LogP contribution >= 0.6 is 12.2 Å². The Hall–Kier alpha value is -3.26. The molecule has 0 aromatic carbocycles. The molecule has 2 N–H and O–H groups in total. The summed E-state index contributed by atoms with van der Waals surface area (Å²) in [6.07, 6.45) is 6.69. The first kappa shape index (κ1) is 25.7. The molecule has 29 heavy (non-hydrogen) atoms. The van der Waals surface area contributed by atoms with Crippen LogP contribution in [0.3, 0.4) is 0 Å². The lowest BCUT2D eigenvalue weighted by atomic mass is 10.1. The van der Waals surface area contributed by atoms with Gasteiger partial charge in [0.15, 0.2) is 5.11 Å². The molecule has 0 bridgehead atoms. The fourth-order valence-corrected chi connectivity index (χ4v) is 2.12. The van der Waals surface area contributed by atoms with Crippen LogP contribution < -0.4 is 10.6 Å². The van der Waals surface area contributed by atoms with E-state index in [4.69, 9.17) is 16.6 Å². The summed E-state index contributed by atoms with van der Waals surface area (Å²) in [6.45, 7) is 11.8. The van der Waals surface area contributed by atoms with Crippen molar-refractivity contribution in [3.8, 4) is 0 Å². The van der Waals surface area contributed by atoms with Crippen LogP contribution in [0.5, 0.6) is 0 Å². The molecule has 1 aromatic heterocycles. The molecule has 2 amide bonds. The molecule has 1 saturated heterocycles. The molecule has 1 aliphatic rings. The van der Waals surface area contributed by atoms with Crippen LogP contribution in [0.15, 0.2) is 53.5 Å². The van der Waals surface area contributed by atoms with Crippen molar-refractivity contribution in [1.29, 1.82) is 0 Å². The Bertz CT molecular complexity index is 812. The average Bonchev–Trinajstić information content (AvgIpc) is 3.19. The number of allylic oxidation sites excluding steroid dienone is 3. The zero-order chi connectivity index (χ0) is 22.4. The topological polar surface area (TPSA) is 97.6 Å². The predicted octanol–water partition coefficient (Wildman–Crippen LogP) is 3.54. The smallest absolute Gasteiger partial charge is 0.309 e. The summed E-state index contributed by atoms with van der Waals surface area (Å²) >= 11 is 4.73. The highest BCUT2D eigenvalue weighted by atomic mass is 32.1. The van der Waals surface area contributed by atoms with Crippen molar-refractivity contribution < 1.29 is 23.5 Å². The number of nitrogens with one attached hydrogen (secondary N) is 2. The van der Waals surface area contributed by atoms with Gasteiger partial charge in [-0.3, -0.25) is 25.0 Å². The number of methoxy groups -OCH3 is 1. The van der Waals surface area contributed by atoms with Crippen molar-refractivity contribution in [2.45, 2.75) is 27.2 Å². The van der Waals surface area contributed by atoms with Gasteiger partial charge in [-0.15, -0.1) is 13.2 Å². The molecule has 1 fully saturated rings. The maximum atomic E-state index is 11.8. The van der Waals surface area contributed by atoms with Gasteiger partial charge in [-0.25, -0.2) is 0 Å². The molecule has 0 atom stereocenters. The fraction of sp³-hybridized carbons (Fsp3) is 0.238. The zero-order valence-corrected chi connectivity index (χ0v) is 17.9. The number of hydrogen-bond donors (Lipinski definition) is 2. The van der Waals surface area contributed by atoms with E-state index < -0.39 is 11.8 Å². The minimum absolute atomic E-state index is 0.0233. The van der Waals surface area contributed by atoms with E-state index in [0.717, 1.165) is 5.57 Å². The maximum absolute atomic E-state index is 11.8. The fourth-order valence-electron chi connectivity index (χ4n) is 1.93. The van der Waals surface area contributed by atoms with Crippen LogP contribution in [-0.4, -0.2) is 30.0 Å². The molecule has 2 heterocycles. The summed E-state index contributed by atoms with van der Waals surface area (Å²) in [5.74, 6) is -0.553. The highest BCUT2D eigenvalue weighted by Gasteiger charge is 2.26. The zero-order valence-electron chi connectivity index (χ0n) is 17.0. The Balaban J connectivity index is 0.00000184. The number of amides is 2. The second-order valence-electron chi connectivity index (χ2n) is 5.06. The first-order chi connectivity index (χ1) is 13.9. The monoisotopic (exact) mass is 418 g/mol. The van der Waals surface area contributed by atoms with E-state index in [0.29, 0.717) is 11.5 Å². The van der Waals surface area contributed by atoms with Gasteiger partial charge in [0.2, 0.25) is 0 Å². The van der Waals surface area contributed by atoms with Crippen LogP contribution in [0.25, 0.3) is 11.6 Å². The molecular weight excluding hydrogens is 392 g/mol.